The molecule has 166 valence electrons. The van der Waals surface area contributed by atoms with Gasteiger partial charge in [-0.25, -0.2) is 18.2 Å². The molecule has 32 heavy (non-hydrogen) atoms. The van der Waals surface area contributed by atoms with Gasteiger partial charge in [-0.1, -0.05) is 60.3 Å². The molecule has 0 radical (unpaired) electrons. The zero-order chi connectivity index (χ0) is 23.1. The number of alkyl carbamates (subject to hydrolysis) is 1. The lowest BCUT2D eigenvalue weighted by Crippen LogP contribution is -2.27. The molecule has 0 heterocycles. The first-order valence-corrected chi connectivity index (χ1v) is 12.3. The highest BCUT2D eigenvalue weighted by molar-refractivity contribution is 8.13. The van der Waals surface area contributed by atoms with Crippen LogP contribution in [0.3, 0.4) is 0 Å². The molecule has 0 saturated heterocycles. The molecule has 3 aromatic carbocycles. The number of hydrogen-bond acceptors (Lipinski definition) is 7. The van der Waals surface area contributed by atoms with Crippen LogP contribution in [0.4, 0.5) is 16.2 Å². The van der Waals surface area contributed by atoms with E-state index >= 15 is 0 Å². The van der Waals surface area contributed by atoms with Gasteiger partial charge in [-0.2, -0.15) is 0 Å². The van der Waals surface area contributed by atoms with E-state index in [4.69, 9.17) is 5.73 Å². The van der Waals surface area contributed by atoms with Crippen LogP contribution in [-0.2, 0) is 21.0 Å². The number of ether oxygens (including phenoxy) is 1. The number of nitrogen functional groups attached to an aromatic ring is 1. The number of nitrogens with zero attached hydrogens (tertiary/aromatic N) is 1. The van der Waals surface area contributed by atoms with Crippen molar-refractivity contribution < 1.29 is 17.9 Å². The summed E-state index contributed by atoms with van der Waals surface area (Å²) in [6.45, 7) is 0. The second kappa shape index (κ2) is 10.3. The Hall–Kier alpha value is -3.30. The molecular formula is C23H23N3O4S2. The highest BCUT2D eigenvalue weighted by atomic mass is 32.2. The van der Waals surface area contributed by atoms with Crippen molar-refractivity contribution in [2.45, 2.75) is 16.2 Å². The van der Waals surface area contributed by atoms with Gasteiger partial charge in [0.1, 0.15) is 4.90 Å². The van der Waals surface area contributed by atoms with E-state index in [9.17, 15) is 13.2 Å². The molecule has 0 spiro atoms. The normalized spacial score (nSPS) is 11.8. The topological polar surface area (TPSA) is 111 Å². The minimum atomic E-state index is -3.92. The molecule has 0 aromatic heterocycles. The fraction of sp³-hybridized carbons (Fsp3) is 0.130. The molecule has 0 bridgehead atoms. The molecular weight excluding hydrogens is 446 g/mol. The average Bonchev–Trinajstić information content (AvgIpc) is 2.80. The predicted octanol–water partition coefficient (Wildman–Crippen LogP) is 4.40. The summed E-state index contributed by atoms with van der Waals surface area (Å²) < 4.78 is 32.0. The Labute approximate surface area is 191 Å². The largest absolute Gasteiger partial charge is 0.453 e. The van der Waals surface area contributed by atoms with E-state index in [0.717, 1.165) is 17.3 Å². The number of carbonyl (C=O) groups excluding carboxylic acids is 1. The predicted molar refractivity (Wildman–Crippen MR) is 128 cm³/mol. The van der Waals surface area contributed by atoms with Crippen LogP contribution in [0.25, 0.3) is 0 Å². The molecule has 3 aromatic rings. The molecule has 3 rings (SSSR count). The van der Waals surface area contributed by atoms with E-state index < -0.39 is 15.9 Å². The summed E-state index contributed by atoms with van der Waals surface area (Å²) >= 11 is 1.16. The molecule has 7 nitrogen and oxygen atoms in total. The van der Waals surface area contributed by atoms with E-state index in [-0.39, 0.29) is 20.6 Å². The van der Waals surface area contributed by atoms with Crippen molar-refractivity contribution in [3.8, 4) is 0 Å². The summed E-state index contributed by atoms with van der Waals surface area (Å²) in [5.41, 5.74) is 8.24. The number of benzene rings is 3. The Morgan fingerprint density at radius 3 is 2.31 bits per heavy atom. The van der Waals surface area contributed by atoms with Crippen LogP contribution in [0.15, 0.2) is 87.6 Å². The number of carbonyl (C=O) groups is 1. The average molecular weight is 470 g/mol. The Kier molecular flexibility index (Phi) is 7.55. The van der Waals surface area contributed by atoms with Crippen LogP contribution in [0.1, 0.15) is 11.1 Å². The van der Waals surface area contributed by atoms with E-state index in [1.807, 2.05) is 18.2 Å². The fourth-order valence-corrected chi connectivity index (χ4v) is 5.10. The fourth-order valence-electron chi connectivity index (χ4n) is 3.10. The van der Waals surface area contributed by atoms with Crippen LogP contribution < -0.4 is 11.1 Å². The number of sulfone groups is 1. The minimum absolute atomic E-state index is 0.0627. The Bertz CT molecular complexity index is 1240. The van der Waals surface area contributed by atoms with Crippen LogP contribution in [0, 0.1) is 0 Å². The summed E-state index contributed by atoms with van der Waals surface area (Å²) in [5, 5.41) is 2.70. The number of thioether (sulfide) groups is 1. The molecule has 0 aliphatic carbocycles. The summed E-state index contributed by atoms with van der Waals surface area (Å²) in [4.78, 5) is 16.3. The number of hydrogen-bond donors (Lipinski definition) is 2. The molecule has 0 atom stereocenters. The maximum absolute atomic E-state index is 13.7. The van der Waals surface area contributed by atoms with Crippen molar-refractivity contribution in [3.05, 3.63) is 83.9 Å². The standard InChI is InChI=1S/C23H23N3O4S2/c1-30-23(27)26-22(31-2)25-20-14-8-10-17(15-16-9-6-7-13-19(16)24)21(20)32(28,29)18-11-4-3-5-12-18/h3-14H,15,24H2,1-2H3,(H,25,26,27). The third-order valence-corrected chi connectivity index (χ3v) is 7.13. The monoisotopic (exact) mass is 469 g/mol. The van der Waals surface area contributed by atoms with Crippen molar-refractivity contribution in [2.75, 3.05) is 19.1 Å². The number of para-hydroxylation sites is 1. The Morgan fingerprint density at radius 1 is 1.00 bits per heavy atom. The zero-order valence-electron chi connectivity index (χ0n) is 17.6. The van der Waals surface area contributed by atoms with E-state index in [2.05, 4.69) is 15.0 Å². The van der Waals surface area contributed by atoms with E-state index in [1.54, 1.807) is 60.9 Å². The quantitative estimate of drug-likeness (QED) is 0.326. The van der Waals surface area contributed by atoms with Crippen LogP contribution >= 0.6 is 11.8 Å². The molecule has 3 N–H and O–H groups in total. The number of nitrogens with two attached hydrogens (primary N) is 1. The van der Waals surface area contributed by atoms with Gasteiger partial charge in [0.05, 0.1) is 17.7 Å². The zero-order valence-corrected chi connectivity index (χ0v) is 19.2. The first kappa shape index (κ1) is 23.4. The van der Waals surface area contributed by atoms with Crippen molar-refractivity contribution >= 4 is 44.2 Å². The molecule has 0 fully saturated rings. The summed E-state index contributed by atoms with van der Waals surface area (Å²) in [5.74, 6) is 0. The number of nitrogens with one attached hydrogen (secondary N) is 1. The minimum Gasteiger partial charge on any atom is -0.453 e. The second-order valence-corrected chi connectivity index (χ2v) is 9.38. The number of methoxy groups -OCH3 is 1. The van der Waals surface area contributed by atoms with Gasteiger partial charge >= 0.3 is 6.09 Å². The summed E-state index contributed by atoms with van der Waals surface area (Å²) in [7, 11) is -2.68. The lowest BCUT2D eigenvalue weighted by atomic mass is 10.0. The van der Waals surface area contributed by atoms with Gasteiger partial charge in [0.15, 0.2) is 5.17 Å². The molecule has 0 aliphatic rings. The van der Waals surface area contributed by atoms with Crippen molar-refractivity contribution in [2.24, 2.45) is 4.99 Å². The maximum Gasteiger partial charge on any atom is 0.412 e. The van der Waals surface area contributed by atoms with Gasteiger partial charge in [0, 0.05) is 12.1 Å². The first-order chi connectivity index (χ1) is 15.4. The van der Waals surface area contributed by atoms with Crippen LogP contribution in [0.5, 0.6) is 0 Å². The summed E-state index contributed by atoms with van der Waals surface area (Å²) in [6, 6.07) is 20.5. The highest BCUT2D eigenvalue weighted by Gasteiger charge is 2.25. The van der Waals surface area contributed by atoms with E-state index in [1.165, 1.54) is 7.11 Å². The smallest absolute Gasteiger partial charge is 0.412 e. The van der Waals surface area contributed by atoms with Crippen molar-refractivity contribution in [1.29, 1.82) is 0 Å². The third kappa shape index (κ3) is 5.30. The van der Waals surface area contributed by atoms with Gasteiger partial charge < -0.3 is 10.5 Å². The maximum atomic E-state index is 13.7. The number of anilines is 1. The lowest BCUT2D eigenvalue weighted by molar-refractivity contribution is 0.177. The number of amides is 1. The van der Waals surface area contributed by atoms with Gasteiger partial charge in [-0.05, 0) is 41.6 Å². The molecule has 0 aliphatic heterocycles. The Morgan fingerprint density at radius 2 is 1.66 bits per heavy atom. The summed E-state index contributed by atoms with van der Waals surface area (Å²) in [6.07, 6.45) is 1.32. The molecule has 0 unspecified atom stereocenters. The van der Waals surface area contributed by atoms with Gasteiger partial charge in [0.2, 0.25) is 9.84 Å². The van der Waals surface area contributed by atoms with Crippen LogP contribution in [-0.4, -0.2) is 33.0 Å². The molecule has 0 saturated carbocycles. The van der Waals surface area contributed by atoms with E-state index in [0.29, 0.717) is 17.7 Å². The molecule has 1 amide bonds. The van der Waals surface area contributed by atoms with Crippen LogP contribution in [0.2, 0.25) is 0 Å². The van der Waals surface area contributed by atoms with Gasteiger partial charge in [-0.3, -0.25) is 5.32 Å². The third-order valence-electron chi connectivity index (χ3n) is 4.64. The number of aliphatic imine (C=N–C) groups is 1. The van der Waals surface area contributed by atoms with Crippen molar-refractivity contribution in [3.63, 3.8) is 0 Å². The first-order valence-electron chi connectivity index (χ1n) is 9.60. The number of rotatable bonds is 5. The lowest BCUT2D eigenvalue weighted by Gasteiger charge is -2.15. The van der Waals surface area contributed by atoms with Gasteiger partial charge in [-0.15, -0.1) is 0 Å². The SMILES string of the molecule is COC(=O)NC(=Nc1cccc(Cc2ccccc2N)c1S(=O)(=O)c1ccccc1)SC. The second-order valence-electron chi connectivity index (χ2n) is 6.70. The van der Waals surface area contributed by atoms with Crippen molar-refractivity contribution in [1.82, 2.24) is 5.32 Å². The highest BCUT2D eigenvalue weighted by Crippen LogP contribution is 2.35. The number of amidine groups is 1. The Balaban J connectivity index is 2.22. The molecule has 9 heteroatoms. The van der Waals surface area contributed by atoms with Gasteiger partial charge in [0.25, 0.3) is 0 Å².